The predicted octanol–water partition coefficient (Wildman–Crippen LogP) is 1.20. The number of nitrogens with zero attached hydrogens (tertiary/aromatic N) is 3. The highest BCUT2D eigenvalue weighted by molar-refractivity contribution is 5.29. The molecule has 0 atom stereocenters. The summed E-state index contributed by atoms with van der Waals surface area (Å²) >= 11 is 0. The lowest BCUT2D eigenvalue weighted by molar-refractivity contribution is 0.174. The molecule has 0 amide bonds. The summed E-state index contributed by atoms with van der Waals surface area (Å²) < 4.78 is 1.59. The Kier molecular flexibility index (Phi) is 2.06. The average Bonchev–Trinajstić information content (AvgIpc) is 2.67. The van der Waals surface area contributed by atoms with Crippen LogP contribution in [0.2, 0.25) is 0 Å². The Morgan fingerprint density at radius 2 is 2.00 bits per heavy atom. The number of para-hydroxylation sites is 1. The van der Waals surface area contributed by atoms with Crippen LogP contribution in [0.5, 0.6) is 0 Å². The van der Waals surface area contributed by atoms with Gasteiger partial charge in [0.1, 0.15) is 12.3 Å². The van der Waals surface area contributed by atoms with Gasteiger partial charge in [0.15, 0.2) is 0 Å². The molecule has 2 rings (SSSR count). The van der Waals surface area contributed by atoms with Crippen LogP contribution in [0.1, 0.15) is 5.69 Å². The standard InChI is InChI=1S/C9H8N3O/c13-7-8-6-12(11-10-8)9-4-2-1-3-5-9/h1-6H,7H2. The van der Waals surface area contributed by atoms with Crippen molar-refractivity contribution >= 4 is 0 Å². The van der Waals surface area contributed by atoms with Crippen molar-refractivity contribution < 1.29 is 5.11 Å². The molecular formula is C9H8N3O. The Morgan fingerprint density at radius 1 is 1.23 bits per heavy atom. The second-order valence-electron chi connectivity index (χ2n) is 2.63. The van der Waals surface area contributed by atoms with Gasteiger partial charge in [0.05, 0.1) is 11.9 Å². The fourth-order valence-corrected chi connectivity index (χ4v) is 1.07. The summed E-state index contributed by atoms with van der Waals surface area (Å²) in [6, 6.07) is 9.56. The van der Waals surface area contributed by atoms with Gasteiger partial charge in [0.2, 0.25) is 0 Å². The minimum absolute atomic E-state index is 0.327. The van der Waals surface area contributed by atoms with E-state index in [9.17, 15) is 5.11 Å². The normalized spacial score (nSPS) is 10.2. The van der Waals surface area contributed by atoms with E-state index in [0.29, 0.717) is 5.69 Å². The molecule has 0 aliphatic rings. The highest BCUT2D eigenvalue weighted by atomic mass is 16.3. The first-order valence-corrected chi connectivity index (χ1v) is 3.95. The minimum atomic E-state index is -0.327. The molecule has 65 valence electrons. The summed E-state index contributed by atoms with van der Waals surface area (Å²) in [5.41, 5.74) is 1.37. The van der Waals surface area contributed by atoms with Gasteiger partial charge in [-0.2, -0.15) is 0 Å². The average molecular weight is 174 g/mol. The van der Waals surface area contributed by atoms with Crippen molar-refractivity contribution in [3.05, 3.63) is 42.2 Å². The highest BCUT2D eigenvalue weighted by Crippen LogP contribution is 2.05. The lowest BCUT2D eigenvalue weighted by atomic mass is 10.3. The molecule has 0 spiro atoms. The fraction of sp³-hybridized carbons (Fsp3) is 0.111. The molecule has 2 aromatic rings. The molecule has 4 nitrogen and oxygen atoms in total. The van der Waals surface area contributed by atoms with Gasteiger partial charge >= 0.3 is 0 Å². The highest BCUT2D eigenvalue weighted by Gasteiger charge is 2.00. The first kappa shape index (κ1) is 7.94. The van der Waals surface area contributed by atoms with Crippen molar-refractivity contribution in [3.63, 3.8) is 0 Å². The van der Waals surface area contributed by atoms with Crippen LogP contribution in [-0.4, -0.2) is 15.0 Å². The number of aromatic nitrogens is 3. The zero-order chi connectivity index (χ0) is 9.10. The van der Waals surface area contributed by atoms with Gasteiger partial charge in [-0.15, -0.1) is 5.10 Å². The van der Waals surface area contributed by atoms with E-state index in [1.807, 2.05) is 30.3 Å². The first-order valence-electron chi connectivity index (χ1n) is 3.95. The number of hydrogen-bond donors (Lipinski definition) is 0. The quantitative estimate of drug-likeness (QED) is 0.686. The Bertz CT molecular complexity index is 383. The monoisotopic (exact) mass is 174 g/mol. The van der Waals surface area contributed by atoms with Gasteiger partial charge in [0, 0.05) is 0 Å². The van der Waals surface area contributed by atoms with Crippen LogP contribution in [0, 0.1) is 0 Å². The fourth-order valence-electron chi connectivity index (χ4n) is 1.07. The second-order valence-corrected chi connectivity index (χ2v) is 2.63. The van der Waals surface area contributed by atoms with Crippen molar-refractivity contribution in [2.75, 3.05) is 0 Å². The Morgan fingerprint density at radius 3 is 2.62 bits per heavy atom. The minimum Gasteiger partial charge on any atom is -0.230 e. The summed E-state index contributed by atoms with van der Waals surface area (Å²) in [5, 5.41) is 18.0. The molecular weight excluding hydrogens is 166 g/mol. The zero-order valence-electron chi connectivity index (χ0n) is 6.92. The molecule has 0 fully saturated rings. The summed E-state index contributed by atoms with van der Waals surface area (Å²) in [6.07, 6.45) is 1.64. The maximum atomic E-state index is 10.5. The van der Waals surface area contributed by atoms with E-state index < -0.39 is 0 Å². The lowest BCUT2D eigenvalue weighted by Gasteiger charge is -1.96. The van der Waals surface area contributed by atoms with Crippen LogP contribution >= 0.6 is 0 Å². The van der Waals surface area contributed by atoms with Crippen LogP contribution < -0.4 is 0 Å². The van der Waals surface area contributed by atoms with E-state index >= 15 is 0 Å². The van der Waals surface area contributed by atoms with E-state index in [1.165, 1.54) is 0 Å². The van der Waals surface area contributed by atoms with E-state index in [-0.39, 0.29) is 6.61 Å². The van der Waals surface area contributed by atoms with Crippen molar-refractivity contribution in [3.8, 4) is 5.69 Å². The molecule has 0 aliphatic carbocycles. The second kappa shape index (κ2) is 3.37. The van der Waals surface area contributed by atoms with Gasteiger partial charge in [-0.3, -0.25) is 0 Å². The molecule has 4 heteroatoms. The van der Waals surface area contributed by atoms with Crippen molar-refractivity contribution in [1.82, 2.24) is 15.0 Å². The number of rotatable bonds is 2. The molecule has 0 aliphatic heterocycles. The van der Waals surface area contributed by atoms with Gasteiger partial charge in [-0.1, -0.05) is 23.4 Å². The molecule has 0 N–H and O–H groups in total. The molecule has 1 aromatic carbocycles. The summed E-state index contributed by atoms with van der Waals surface area (Å²) in [6.45, 7) is -0.327. The smallest absolute Gasteiger partial charge is 0.128 e. The Labute approximate surface area is 75.4 Å². The molecule has 13 heavy (non-hydrogen) atoms. The third-order valence-electron chi connectivity index (χ3n) is 1.71. The maximum Gasteiger partial charge on any atom is 0.128 e. The van der Waals surface area contributed by atoms with Crippen LogP contribution in [0.3, 0.4) is 0 Å². The van der Waals surface area contributed by atoms with E-state index in [1.54, 1.807) is 10.9 Å². The SMILES string of the molecule is [O]Cc1cn(-c2ccccc2)nn1. The molecule has 1 aromatic heterocycles. The van der Waals surface area contributed by atoms with Crippen LogP contribution in [0.15, 0.2) is 36.5 Å². The lowest BCUT2D eigenvalue weighted by Crippen LogP contribution is -1.93. The van der Waals surface area contributed by atoms with Gasteiger partial charge in [0.25, 0.3) is 0 Å². The summed E-state index contributed by atoms with van der Waals surface area (Å²) in [5.74, 6) is 0. The topological polar surface area (TPSA) is 50.6 Å². The van der Waals surface area contributed by atoms with Gasteiger partial charge in [-0.05, 0) is 12.1 Å². The Balaban J connectivity index is 2.36. The molecule has 1 radical (unpaired) electrons. The van der Waals surface area contributed by atoms with Crippen LogP contribution in [0.25, 0.3) is 5.69 Å². The van der Waals surface area contributed by atoms with E-state index in [0.717, 1.165) is 5.69 Å². The van der Waals surface area contributed by atoms with Gasteiger partial charge < -0.3 is 0 Å². The predicted molar refractivity (Wildman–Crippen MR) is 45.7 cm³/mol. The molecule has 0 saturated carbocycles. The number of hydrogen-bond acceptors (Lipinski definition) is 2. The summed E-state index contributed by atoms with van der Waals surface area (Å²) in [7, 11) is 0. The Hall–Kier alpha value is -1.68. The van der Waals surface area contributed by atoms with Crippen molar-refractivity contribution in [1.29, 1.82) is 0 Å². The molecule has 0 bridgehead atoms. The van der Waals surface area contributed by atoms with Crippen molar-refractivity contribution in [2.24, 2.45) is 0 Å². The first-order chi connectivity index (χ1) is 6.40. The largest absolute Gasteiger partial charge is 0.230 e. The summed E-state index contributed by atoms with van der Waals surface area (Å²) in [4.78, 5) is 0. The van der Waals surface area contributed by atoms with Gasteiger partial charge in [-0.25, -0.2) is 9.79 Å². The molecule has 0 saturated heterocycles. The van der Waals surface area contributed by atoms with E-state index in [4.69, 9.17) is 0 Å². The third kappa shape index (κ3) is 1.57. The van der Waals surface area contributed by atoms with Crippen LogP contribution in [0.4, 0.5) is 0 Å². The van der Waals surface area contributed by atoms with Crippen LogP contribution in [-0.2, 0) is 11.7 Å². The molecule has 1 heterocycles. The third-order valence-corrected chi connectivity index (χ3v) is 1.71. The maximum absolute atomic E-state index is 10.5. The van der Waals surface area contributed by atoms with E-state index in [2.05, 4.69) is 10.3 Å². The zero-order valence-corrected chi connectivity index (χ0v) is 6.92. The number of benzene rings is 1. The van der Waals surface area contributed by atoms with Crippen molar-refractivity contribution in [2.45, 2.75) is 6.61 Å². The molecule has 0 unspecified atom stereocenters.